The van der Waals surface area contributed by atoms with Gasteiger partial charge in [0, 0.05) is 12.1 Å². The number of benzene rings is 2. The van der Waals surface area contributed by atoms with Gasteiger partial charge in [-0.1, -0.05) is 25.5 Å². The van der Waals surface area contributed by atoms with Crippen molar-refractivity contribution in [2.24, 2.45) is 7.05 Å². The van der Waals surface area contributed by atoms with Crippen molar-refractivity contribution >= 4 is 22.1 Å². The summed E-state index contributed by atoms with van der Waals surface area (Å²) in [5.74, 6) is 0. The van der Waals surface area contributed by atoms with E-state index in [9.17, 15) is 0 Å². The summed E-state index contributed by atoms with van der Waals surface area (Å²) in [5.41, 5.74) is 7.79. The predicted molar refractivity (Wildman–Crippen MR) is 110 cm³/mol. The van der Waals surface area contributed by atoms with E-state index in [1.807, 2.05) is 0 Å². The smallest absolute Gasteiger partial charge is 0.232 e. The standard InChI is InChI=1S/C23H30N4/c1-5-8-10-18-11-9-12-19(13-18)27-17-26(7-3)22-15-21-20(14-23(22)27)24(4)16-25(21)6-2/h9,11-17H,5-8,10H2,1-4H3/q+2. The lowest BCUT2D eigenvalue weighted by Gasteiger charge is -2.02. The van der Waals surface area contributed by atoms with E-state index in [1.165, 1.54) is 46.2 Å². The lowest BCUT2D eigenvalue weighted by atomic mass is 10.1. The van der Waals surface area contributed by atoms with Crippen molar-refractivity contribution in [3.05, 3.63) is 54.6 Å². The number of aromatic nitrogens is 4. The minimum atomic E-state index is 0.962. The normalized spacial score (nSPS) is 11.7. The molecule has 4 heteroatoms. The lowest BCUT2D eigenvalue weighted by molar-refractivity contribution is -0.668. The molecule has 0 fully saturated rings. The fourth-order valence-corrected chi connectivity index (χ4v) is 4.04. The highest BCUT2D eigenvalue weighted by Crippen LogP contribution is 2.23. The zero-order valence-electron chi connectivity index (χ0n) is 16.9. The van der Waals surface area contributed by atoms with Crippen LogP contribution in [0.15, 0.2) is 49.1 Å². The van der Waals surface area contributed by atoms with Gasteiger partial charge in [0.25, 0.3) is 0 Å². The molecule has 0 saturated carbocycles. The molecule has 0 amide bonds. The van der Waals surface area contributed by atoms with Crippen LogP contribution in [0.3, 0.4) is 0 Å². The van der Waals surface area contributed by atoms with E-state index in [1.54, 1.807) is 0 Å². The van der Waals surface area contributed by atoms with Crippen molar-refractivity contribution in [2.45, 2.75) is 53.1 Å². The average Bonchev–Trinajstić information content (AvgIpc) is 3.22. The van der Waals surface area contributed by atoms with Gasteiger partial charge in [0.1, 0.15) is 5.69 Å². The highest BCUT2D eigenvalue weighted by atomic mass is 15.2. The first-order chi connectivity index (χ1) is 13.2. The maximum absolute atomic E-state index is 2.35. The predicted octanol–water partition coefficient (Wildman–Crippen LogP) is 4.08. The van der Waals surface area contributed by atoms with Crippen molar-refractivity contribution in [2.75, 3.05) is 0 Å². The molecule has 0 aliphatic rings. The Morgan fingerprint density at radius 3 is 2.48 bits per heavy atom. The van der Waals surface area contributed by atoms with Crippen LogP contribution in [-0.4, -0.2) is 9.13 Å². The summed E-state index contributed by atoms with van der Waals surface area (Å²) in [6.45, 7) is 8.61. The first kappa shape index (κ1) is 17.8. The Morgan fingerprint density at radius 1 is 0.926 bits per heavy atom. The minimum Gasteiger partial charge on any atom is -0.232 e. The summed E-state index contributed by atoms with van der Waals surface area (Å²) in [4.78, 5) is 0. The van der Waals surface area contributed by atoms with Crippen LogP contribution in [0.1, 0.15) is 39.2 Å². The molecule has 4 aromatic rings. The van der Waals surface area contributed by atoms with Crippen molar-refractivity contribution in [3.63, 3.8) is 0 Å². The van der Waals surface area contributed by atoms with Crippen LogP contribution in [0.5, 0.6) is 0 Å². The van der Waals surface area contributed by atoms with Gasteiger partial charge in [0.2, 0.25) is 12.7 Å². The van der Waals surface area contributed by atoms with E-state index in [0.717, 1.165) is 19.5 Å². The van der Waals surface area contributed by atoms with Gasteiger partial charge in [-0.3, -0.25) is 0 Å². The molecule has 0 atom stereocenters. The monoisotopic (exact) mass is 362 g/mol. The van der Waals surface area contributed by atoms with E-state index in [4.69, 9.17) is 0 Å². The van der Waals surface area contributed by atoms with Crippen LogP contribution in [0.2, 0.25) is 0 Å². The van der Waals surface area contributed by atoms with Crippen LogP contribution in [-0.2, 0) is 26.6 Å². The number of fused-ring (bicyclic) bond motifs is 2. The van der Waals surface area contributed by atoms with Gasteiger partial charge in [0.15, 0.2) is 22.1 Å². The van der Waals surface area contributed by atoms with Gasteiger partial charge in [-0.25, -0.2) is 13.7 Å². The number of hydrogen-bond acceptors (Lipinski definition) is 0. The number of nitrogens with zero attached hydrogens (tertiary/aromatic N) is 4. The van der Waals surface area contributed by atoms with Crippen LogP contribution < -0.4 is 9.13 Å². The molecule has 4 rings (SSSR count). The fourth-order valence-electron chi connectivity index (χ4n) is 4.04. The Kier molecular flexibility index (Phi) is 4.73. The summed E-state index contributed by atoms with van der Waals surface area (Å²) < 4.78 is 9.23. The van der Waals surface area contributed by atoms with Crippen molar-refractivity contribution in [1.82, 2.24) is 9.13 Å². The Bertz CT molecular complexity index is 1100. The number of hydrogen-bond donors (Lipinski definition) is 0. The highest BCUT2D eigenvalue weighted by molar-refractivity contribution is 5.89. The molecule has 27 heavy (non-hydrogen) atoms. The molecule has 4 nitrogen and oxygen atoms in total. The number of unbranched alkanes of at least 4 members (excludes halogenated alkanes) is 1. The maximum atomic E-state index is 2.35. The summed E-state index contributed by atoms with van der Waals surface area (Å²) >= 11 is 0. The summed E-state index contributed by atoms with van der Waals surface area (Å²) in [7, 11) is 2.13. The fraction of sp³-hybridized carbons (Fsp3) is 0.391. The Labute approximate surface area is 161 Å². The van der Waals surface area contributed by atoms with Gasteiger partial charge < -0.3 is 0 Å². The quantitative estimate of drug-likeness (QED) is 0.460. The second kappa shape index (κ2) is 7.18. The van der Waals surface area contributed by atoms with E-state index in [0.29, 0.717) is 0 Å². The number of aryl methyl sites for hydroxylation is 4. The Morgan fingerprint density at radius 2 is 1.74 bits per heavy atom. The molecular weight excluding hydrogens is 332 g/mol. The molecule has 0 aliphatic heterocycles. The number of imidazole rings is 2. The second-order valence-corrected chi connectivity index (χ2v) is 7.39. The van der Waals surface area contributed by atoms with Crippen molar-refractivity contribution in [1.29, 1.82) is 0 Å². The lowest BCUT2D eigenvalue weighted by Crippen LogP contribution is -2.30. The van der Waals surface area contributed by atoms with Crippen LogP contribution in [0.25, 0.3) is 27.8 Å². The topological polar surface area (TPSA) is 17.6 Å². The third-order valence-corrected chi connectivity index (χ3v) is 5.59. The average molecular weight is 363 g/mol. The third kappa shape index (κ3) is 3.03. The van der Waals surface area contributed by atoms with Crippen molar-refractivity contribution in [3.8, 4) is 5.69 Å². The third-order valence-electron chi connectivity index (χ3n) is 5.59. The Hall–Kier alpha value is -2.62. The molecule has 0 N–H and O–H groups in total. The summed E-state index contributed by atoms with van der Waals surface area (Å²) in [5, 5.41) is 0. The summed E-state index contributed by atoms with van der Waals surface area (Å²) in [6, 6.07) is 13.7. The molecule has 0 spiro atoms. The molecule has 0 aliphatic carbocycles. The maximum Gasteiger partial charge on any atom is 0.249 e. The molecule has 0 radical (unpaired) electrons. The van der Waals surface area contributed by atoms with E-state index < -0.39 is 0 Å². The van der Waals surface area contributed by atoms with E-state index >= 15 is 0 Å². The van der Waals surface area contributed by atoms with Gasteiger partial charge >= 0.3 is 0 Å². The second-order valence-electron chi connectivity index (χ2n) is 7.39. The zero-order chi connectivity index (χ0) is 19.0. The molecule has 0 bridgehead atoms. The van der Waals surface area contributed by atoms with E-state index in [2.05, 4.69) is 95.1 Å². The minimum absolute atomic E-state index is 0.962. The van der Waals surface area contributed by atoms with Gasteiger partial charge in [-0.2, -0.15) is 4.57 Å². The molecule has 2 heterocycles. The Balaban J connectivity index is 1.93. The molecule has 140 valence electrons. The summed E-state index contributed by atoms with van der Waals surface area (Å²) in [6.07, 6.45) is 8.06. The molecule has 0 unspecified atom stereocenters. The molecule has 2 aromatic carbocycles. The van der Waals surface area contributed by atoms with Crippen LogP contribution >= 0.6 is 0 Å². The van der Waals surface area contributed by atoms with Crippen LogP contribution in [0, 0.1) is 0 Å². The highest BCUT2D eigenvalue weighted by Gasteiger charge is 2.22. The number of rotatable bonds is 6. The van der Waals surface area contributed by atoms with Gasteiger partial charge in [-0.05, 0) is 44.4 Å². The van der Waals surface area contributed by atoms with Gasteiger partial charge in [0.05, 0.1) is 20.1 Å². The molecule has 0 saturated heterocycles. The van der Waals surface area contributed by atoms with E-state index in [-0.39, 0.29) is 0 Å². The first-order valence-electron chi connectivity index (χ1n) is 10.2. The molecular formula is C23H30N4+2. The largest absolute Gasteiger partial charge is 0.249 e. The zero-order valence-corrected chi connectivity index (χ0v) is 16.9. The molecule has 2 aromatic heterocycles. The SMILES string of the molecule is CCCCc1cccc(-n2c[n+](CC)c3cc4c(cc32)[n+](C)cn4CC)c1. The van der Waals surface area contributed by atoms with Crippen molar-refractivity contribution < 1.29 is 9.13 Å². The van der Waals surface area contributed by atoms with Crippen LogP contribution in [0.4, 0.5) is 0 Å². The van der Waals surface area contributed by atoms with Gasteiger partial charge in [-0.15, -0.1) is 0 Å². The first-order valence-corrected chi connectivity index (χ1v) is 10.2.